The highest BCUT2D eigenvalue weighted by atomic mass is 32.1. The molecule has 0 bridgehead atoms. The lowest BCUT2D eigenvalue weighted by Gasteiger charge is -2.13. The van der Waals surface area contributed by atoms with Gasteiger partial charge in [-0.1, -0.05) is 0 Å². The fraction of sp³-hybridized carbons (Fsp3) is 0.400. The second-order valence-electron chi connectivity index (χ2n) is 8.61. The van der Waals surface area contributed by atoms with Crippen LogP contribution in [0.3, 0.4) is 0 Å². The zero-order valence-corrected chi connectivity index (χ0v) is 21.2. The maximum absolute atomic E-state index is 13.0. The van der Waals surface area contributed by atoms with Crippen molar-refractivity contribution in [3.63, 3.8) is 0 Å². The first kappa shape index (κ1) is 22.1. The maximum Gasteiger partial charge on any atom is 0.341 e. The molecule has 6 nitrogen and oxygen atoms in total. The molecule has 0 spiro atoms. The largest absolute Gasteiger partial charge is 0.462 e. The lowest BCUT2D eigenvalue weighted by Crippen LogP contribution is -2.12. The Balaban J connectivity index is 1.70. The summed E-state index contributed by atoms with van der Waals surface area (Å²) in [5.41, 5.74) is 5.54. The van der Waals surface area contributed by atoms with Crippen molar-refractivity contribution >= 4 is 38.9 Å². The second kappa shape index (κ2) is 8.25. The minimum atomic E-state index is -0.251. The van der Waals surface area contributed by atoms with Crippen LogP contribution in [0.5, 0.6) is 0 Å². The minimum absolute atomic E-state index is 0.111. The molecule has 1 aliphatic rings. The lowest BCUT2D eigenvalue weighted by atomic mass is 9.95. The highest BCUT2D eigenvalue weighted by Gasteiger charge is 2.29. The van der Waals surface area contributed by atoms with Gasteiger partial charge < -0.3 is 14.3 Å². The number of hydrogen-bond donors (Lipinski definition) is 1. The molecule has 8 heteroatoms. The Labute approximate surface area is 200 Å². The van der Waals surface area contributed by atoms with Gasteiger partial charge in [0.15, 0.2) is 0 Å². The zero-order valence-electron chi connectivity index (χ0n) is 19.5. The smallest absolute Gasteiger partial charge is 0.341 e. The molecular weight excluding hydrogens is 454 g/mol. The van der Waals surface area contributed by atoms with Gasteiger partial charge in [0.25, 0.3) is 5.56 Å². The molecule has 0 amide bonds. The van der Waals surface area contributed by atoms with E-state index in [1.165, 1.54) is 4.88 Å². The Bertz CT molecular complexity index is 1470. The van der Waals surface area contributed by atoms with Crippen molar-refractivity contribution in [2.75, 3.05) is 6.61 Å². The summed E-state index contributed by atoms with van der Waals surface area (Å²) in [4.78, 5) is 36.8. The van der Waals surface area contributed by atoms with E-state index in [1.54, 1.807) is 22.7 Å². The molecule has 4 aromatic heterocycles. The first-order valence-electron chi connectivity index (χ1n) is 11.3. The van der Waals surface area contributed by atoms with Crippen molar-refractivity contribution in [1.29, 1.82) is 0 Å². The minimum Gasteiger partial charge on any atom is -0.462 e. The number of carbonyl (C=O) groups excluding carboxylic acids is 1. The van der Waals surface area contributed by atoms with Crippen molar-refractivity contribution in [2.24, 2.45) is 0 Å². The monoisotopic (exact) mass is 481 g/mol. The predicted octanol–water partition coefficient (Wildman–Crippen LogP) is 5.79. The van der Waals surface area contributed by atoms with Crippen LogP contribution in [0.15, 0.2) is 10.9 Å². The van der Waals surface area contributed by atoms with E-state index < -0.39 is 0 Å². The van der Waals surface area contributed by atoms with Gasteiger partial charge in [0.1, 0.15) is 15.7 Å². The Morgan fingerprint density at radius 1 is 1.18 bits per heavy atom. The quantitative estimate of drug-likeness (QED) is 0.374. The number of nitrogens with zero attached hydrogens (tertiary/aromatic N) is 2. The Morgan fingerprint density at radius 2 is 1.94 bits per heavy atom. The van der Waals surface area contributed by atoms with E-state index in [9.17, 15) is 9.59 Å². The van der Waals surface area contributed by atoms with Crippen LogP contribution in [0.1, 0.15) is 62.4 Å². The summed E-state index contributed by atoms with van der Waals surface area (Å²) in [5, 5.41) is 1.58. The SMILES string of the molecule is CCOC(=O)c1c(-n2c(C)cc(-c3nc4sc(C)c(C)c4c(=O)[nH]3)c2C)sc2c1CCCC2. The van der Waals surface area contributed by atoms with Crippen LogP contribution >= 0.6 is 22.7 Å². The van der Waals surface area contributed by atoms with Crippen LogP contribution in [0.25, 0.3) is 26.6 Å². The molecule has 4 aromatic rings. The lowest BCUT2D eigenvalue weighted by molar-refractivity contribution is 0.0525. The van der Waals surface area contributed by atoms with Gasteiger partial charge in [-0.15, -0.1) is 22.7 Å². The molecule has 0 saturated carbocycles. The third-order valence-corrected chi connectivity index (χ3v) is 8.94. The Hall–Kier alpha value is -2.71. The molecule has 0 radical (unpaired) electrons. The predicted molar refractivity (Wildman–Crippen MR) is 134 cm³/mol. The van der Waals surface area contributed by atoms with Crippen LogP contribution in [0.4, 0.5) is 0 Å². The van der Waals surface area contributed by atoms with Crippen LogP contribution in [-0.4, -0.2) is 27.1 Å². The molecule has 5 rings (SSSR count). The van der Waals surface area contributed by atoms with Crippen molar-refractivity contribution in [3.8, 4) is 16.4 Å². The van der Waals surface area contributed by atoms with Gasteiger partial charge in [-0.3, -0.25) is 4.79 Å². The highest BCUT2D eigenvalue weighted by molar-refractivity contribution is 7.18. The van der Waals surface area contributed by atoms with Gasteiger partial charge in [-0.2, -0.15) is 0 Å². The normalized spacial score (nSPS) is 13.5. The van der Waals surface area contributed by atoms with E-state index in [2.05, 4.69) is 9.55 Å². The maximum atomic E-state index is 13.0. The Morgan fingerprint density at radius 3 is 2.70 bits per heavy atom. The zero-order chi connectivity index (χ0) is 23.4. The van der Waals surface area contributed by atoms with Crippen LogP contribution in [-0.2, 0) is 17.6 Å². The van der Waals surface area contributed by atoms with Crippen LogP contribution < -0.4 is 5.56 Å². The molecule has 0 fully saturated rings. The van der Waals surface area contributed by atoms with E-state index in [0.29, 0.717) is 23.4 Å². The van der Waals surface area contributed by atoms with E-state index in [0.717, 1.165) is 68.5 Å². The number of aromatic nitrogens is 3. The third-order valence-electron chi connectivity index (χ3n) is 6.56. The van der Waals surface area contributed by atoms with Crippen molar-refractivity contribution in [3.05, 3.63) is 54.3 Å². The number of nitrogens with one attached hydrogen (secondary N) is 1. The van der Waals surface area contributed by atoms with Gasteiger partial charge in [0.05, 0.1) is 17.6 Å². The number of H-pyrrole nitrogens is 1. The third kappa shape index (κ3) is 3.47. The molecule has 0 atom stereocenters. The number of aromatic amines is 1. The highest BCUT2D eigenvalue weighted by Crippen LogP contribution is 2.40. The van der Waals surface area contributed by atoms with Gasteiger partial charge in [0.2, 0.25) is 0 Å². The molecule has 172 valence electrons. The second-order valence-corrected chi connectivity index (χ2v) is 10.9. The summed E-state index contributed by atoms with van der Waals surface area (Å²) < 4.78 is 7.58. The first-order chi connectivity index (χ1) is 15.8. The number of hydrogen-bond acceptors (Lipinski definition) is 6. The number of esters is 1. The molecular formula is C25H27N3O3S2. The summed E-state index contributed by atoms with van der Waals surface area (Å²) in [7, 11) is 0. The van der Waals surface area contributed by atoms with Crippen molar-refractivity contribution < 1.29 is 9.53 Å². The number of aryl methyl sites for hydroxylation is 4. The summed E-state index contributed by atoms with van der Waals surface area (Å²) in [5.74, 6) is 0.311. The molecule has 0 aliphatic heterocycles. The van der Waals surface area contributed by atoms with Crippen LogP contribution in [0.2, 0.25) is 0 Å². The van der Waals surface area contributed by atoms with Crippen molar-refractivity contribution in [2.45, 2.75) is 60.3 Å². The summed E-state index contributed by atoms with van der Waals surface area (Å²) in [6.45, 7) is 10.2. The van der Waals surface area contributed by atoms with Crippen molar-refractivity contribution in [1.82, 2.24) is 14.5 Å². The number of ether oxygens (including phenoxy) is 1. The molecule has 0 unspecified atom stereocenters. The standard InChI is InChI=1S/C25H27N3O3S2/c1-6-31-25(30)20-16-9-7-8-10-18(16)33-24(20)28-12(2)11-17(14(28)4)21-26-22(29)19-13(3)15(5)32-23(19)27-21/h11H,6-10H2,1-5H3,(H,26,27,29). The molecule has 1 aliphatic carbocycles. The van der Waals surface area contributed by atoms with E-state index in [4.69, 9.17) is 9.72 Å². The Kier molecular flexibility index (Phi) is 5.53. The summed E-state index contributed by atoms with van der Waals surface area (Å²) in [6, 6.07) is 2.04. The molecule has 0 aromatic carbocycles. The molecule has 1 N–H and O–H groups in total. The van der Waals surface area contributed by atoms with Gasteiger partial charge in [-0.05, 0) is 77.5 Å². The molecule has 33 heavy (non-hydrogen) atoms. The van der Waals surface area contributed by atoms with Gasteiger partial charge in [-0.25, -0.2) is 9.78 Å². The van der Waals surface area contributed by atoms with E-state index >= 15 is 0 Å². The molecule has 0 saturated heterocycles. The number of rotatable bonds is 4. The molecule has 4 heterocycles. The average Bonchev–Trinajstić information content (AvgIpc) is 3.39. The van der Waals surface area contributed by atoms with Gasteiger partial charge >= 0.3 is 5.97 Å². The number of thiophene rings is 2. The summed E-state index contributed by atoms with van der Waals surface area (Å²) >= 11 is 3.24. The number of carbonyl (C=O) groups is 1. The first-order valence-corrected chi connectivity index (χ1v) is 13.0. The number of fused-ring (bicyclic) bond motifs is 2. The van der Waals surface area contributed by atoms with E-state index in [1.807, 2.05) is 40.7 Å². The summed E-state index contributed by atoms with van der Waals surface area (Å²) in [6.07, 6.45) is 4.15. The fourth-order valence-electron chi connectivity index (χ4n) is 4.82. The topological polar surface area (TPSA) is 77.0 Å². The van der Waals surface area contributed by atoms with Crippen LogP contribution in [0, 0.1) is 27.7 Å². The van der Waals surface area contributed by atoms with Gasteiger partial charge in [0, 0.05) is 26.7 Å². The van der Waals surface area contributed by atoms with E-state index in [-0.39, 0.29) is 11.5 Å². The average molecular weight is 482 g/mol. The fourth-order valence-corrected chi connectivity index (χ4v) is 7.34.